The Morgan fingerprint density at radius 3 is 2.03 bits per heavy atom. The minimum absolute atomic E-state index is 0.237. The predicted molar refractivity (Wildman–Crippen MR) is 146 cm³/mol. The van der Waals surface area contributed by atoms with Gasteiger partial charge in [-0.25, -0.2) is 4.98 Å². The number of hydrogen-bond donors (Lipinski definition) is 0. The highest BCUT2D eigenvalue weighted by Crippen LogP contribution is 2.35. The monoisotopic (exact) mass is 525 g/mol. The molecule has 0 spiro atoms. The Balaban J connectivity index is 1.36. The van der Waals surface area contributed by atoms with Gasteiger partial charge in [0.05, 0.1) is 5.69 Å². The molecule has 2 aliphatic rings. The largest absolute Gasteiger partial charge is 0.454 e. The first-order chi connectivity index (χ1) is 19.2. The van der Waals surface area contributed by atoms with Crippen LogP contribution in [0, 0.1) is 0 Å². The lowest BCUT2D eigenvalue weighted by atomic mass is 10.1. The quantitative estimate of drug-likeness (QED) is 0.228. The van der Waals surface area contributed by atoms with Gasteiger partial charge in [-0.2, -0.15) is 0 Å². The SMILES string of the molecule is CCCCn1c(-c2ccccc2)nc(C=O)c1CN(Cc1ccc2c(c1)OCO2)Cc1ccc2c(c1)OCO2. The zero-order chi connectivity index (χ0) is 26.6. The van der Waals surface area contributed by atoms with Crippen molar-refractivity contribution in [1.82, 2.24) is 14.5 Å². The van der Waals surface area contributed by atoms with E-state index < -0.39 is 0 Å². The lowest BCUT2D eigenvalue weighted by Crippen LogP contribution is -2.25. The van der Waals surface area contributed by atoms with E-state index in [4.69, 9.17) is 23.9 Å². The molecular formula is C31H31N3O5. The first-order valence-electron chi connectivity index (χ1n) is 13.3. The summed E-state index contributed by atoms with van der Waals surface area (Å²) in [6, 6.07) is 22.1. The Hall–Kier alpha value is -4.30. The van der Waals surface area contributed by atoms with Crippen molar-refractivity contribution in [3.63, 3.8) is 0 Å². The number of fused-ring (bicyclic) bond motifs is 2. The van der Waals surface area contributed by atoms with Gasteiger partial charge in [-0.3, -0.25) is 9.69 Å². The minimum atomic E-state index is 0.237. The summed E-state index contributed by atoms with van der Waals surface area (Å²) in [5, 5.41) is 0. The van der Waals surface area contributed by atoms with Gasteiger partial charge in [-0.1, -0.05) is 55.8 Å². The maximum atomic E-state index is 12.3. The molecule has 0 saturated carbocycles. The first kappa shape index (κ1) is 25.0. The lowest BCUT2D eigenvalue weighted by molar-refractivity contribution is 0.111. The molecule has 0 amide bonds. The van der Waals surface area contributed by atoms with Crippen LogP contribution in [0.1, 0.15) is 47.1 Å². The van der Waals surface area contributed by atoms with Crippen LogP contribution in [0.25, 0.3) is 11.4 Å². The van der Waals surface area contributed by atoms with Crippen molar-refractivity contribution >= 4 is 6.29 Å². The molecule has 3 heterocycles. The number of aromatic nitrogens is 2. The van der Waals surface area contributed by atoms with Crippen LogP contribution in [0.5, 0.6) is 23.0 Å². The second kappa shape index (κ2) is 11.2. The molecule has 0 saturated heterocycles. The van der Waals surface area contributed by atoms with Crippen LogP contribution in [-0.2, 0) is 26.2 Å². The van der Waals surface area contributed by atoms with Crippen molar-refractivity contribution in [1.29, 1.82) is 0 Å². The van der Waals surface area contributed by atoms with Gasteiger partial charge in [0, 0.05) is 31.7 Å². The van der Waals surface area contributed by atoms with Crippen molar-refractivity contribution in [2.45, 2.75) is 45.9 Å². The maximum Gasteiger partial charge on any atom is 0.231 e. The summed E-state index contributed by atoms with van der Waals surface area (Å²) in [7, 11) is 0. The molecule has 0 bridgehead atoms. The molecule has 8 heteroatoms. The van der Waals surface area contributed by atoms with Crippen LogP contribution in [0.4, 0.5) is 0 Å². The van der Waals surface area contributed by atoms with Gasteiger partial charge in [0.1, 0.15) is 11.5 Å². The van der Waals surface area contributed by atoms with Crippen LogP contribution in [0.3, 0.4) is 0 Å². The average Bonchev–Trinajstić information content (AvgIpc) is 3.70. The molecule has 0 aliphatic carbocycles. The van der Waals surface area contributed by atoms with E-state index in [1.165, 1.54) is 0 Å². The molecule has 39 heavy (non-hydrogen) atoms. The second-order valence-corrected chi connectivity index (χ2v) is 9.78. The standard InChI is InChI=1S/C31H31N3O5/c1-2-3-13-34-26(25(19-35)32-31(34)24-7-5-4-6-8-24)18-33(16-22-9-11-27-29(14-22)38-20-36-27)17-23-10-12-28-30(15-23)39-21-37-28/h4-12,14-15,19H,2-3,13,16-18,20-21H2,1H3. The number of hydrogen-bond acceptors (Lipinski definition) is 7. The highest BCUT2D eigenvalue weighted by Gasteiger charge is 2.22. The van der Waals surface area contributed by atoms with Crippen LogP contribution in [0.15, 0.2) is 66.7 Å². The van der Waals surface area contributed by atoms with Crippen molar-refractivity contribution in [3.05, 3.63) is 89.2 Å². The minimum Gasteiger partial charge on any atom is -0.454 e. The van der Waals surface area contributed by atoms with Gasteiger partial charge in [-0.05, 0) is 41.8 Å². The zero-order valence-electron chi connectivity index (χ0n) is 22.0. The third-order valence-corrected chi connectivity index (χ3v) is 7.04. The molecule has 0 radical (unpaired) electrons. The van der Waals surface area contributed by atoms with Crippen LogP contribution in [-0.4, -0.2) is 34.3 Å². The number of benzene rings is 3. The highest BCUT2D eigenvalue weighted by molar-refractivity contribution is 5.76. The van der Waals surface area contributed by atoms with E-state index >= 15 is 0 Å². The van der Waals surface area contributed by atoms with E-state index in [1.54, 1.807) is 0 Å². The molecule has 200 valence electrons. The number of ether oxygens (including phenoxy) is 4. The predicted octanol–water partition coefficient (Wildman–Crippen LogP) is 5.82. The lowest BCUT2D eigenvalue weighted by Gasteiger charge is -2.24. The summed E-state index contributed by atoms with van der Waals surface area (Å²) in [6.45, 7) is 5.26. The van der Waals surface area contributed by atoms with E-state index in [2.05, 4.69) is 28.5 Å². The summed E-state index contributed by atoms with van der Waals surface area (Å²) < 4.78 is 24.5. The van der Waals surface area contributed by atoms with Crippen LogP contribution in [0.2, 0.25) is 0 Å². The fourth-order valence-electron chi connectivity index (χ4n) is 5.11. The Morgan fingerprint density at radius 2 is 1.44 bits per heavy atom. The van der Waals surface area contributed by atoms with Crippen LogP contribution < -0.4 is 18.9 Å². The molecule has 0 fully saturated rings. The van der Waals surface area contributed by atoms with E-state index in [-0.39, 0.29) is 13.6 Å². The molecule has 0 unspecified atom stereocenters. The summed E-state index contributed by atoms with van der Waals surface area (Å²) in [6.07, 6.45) is 2.91. The summed E-state index contributed by atoms with van der Waals surface area (Å²) >= 11 is 0. The van der Waals surface area contributed by atoms with Gasteiger partial charge < -0.3 is 23.5 Å². The zero-order valence-corrected chi connectivity index (χ0v) is 22.0. The number of imidazole rings is 1. The van der Waals surface area contributed by atoms with E-state index in [0.29, 0.717) is 25.3 Å². The number of aldehydes is 1. The van der Waals surface area contributed by atoms with Crippen molar-refractivity contribution < 1.29 is 23.7 Å². The van der Waals surface area contributed by atoms with Crippen molar-refractivity contribution in [3.8, 4) is 34.4 Å². The Bertz CT molecular complexity index is 1410. The normalized spacial score (nSPS) is 13.3. The van der Waals surface area contributed by atoms with Crippen molar-refractivity contribution in [2.75, 3.05) is 13.6 Å². The third kappa shape index (κ3) is 5.33. The number of rotatable bonds is 11. The molecule has 3 aromatic carbocycles. The topological polar surface area (TPSA) is 75.1 Å². The molecule has 2 aliphatic heterocycles. The molecule has 8 nitrogen and oxygen atoms in total. The average molecular weight is 526 g/mol. The van der Waals surface area contributed by atoms with Crippen molar-refractivity contribution in [2.24, 2.45) is 0 Å². The number of carbonyl (C=O) groups is 1. The van der Waals surface area contributed by atoms with Gasteiger partial charge in [0.15, 0.2) is 29.3 Å². The van der Waals surface area contributed by atoms with Gasteiger partial charge in [0.25, 0.3) is 0 Å². The summed E-state index contributed by atoms with van der Waals surface area (Å²) in [4.78, 5) is 19.4. The molecule has 0 atom stereocenters. The number of carbonyl (C=O) groups excluding carboxylic acids is 1. The number of unbranched alkanes of at least 4 members (excludes halogenated alkanes) is 1. The van der Waals surface area contributed by atoms with E-state index in [0.717, 1.165) is 76.9 Å². The van der Waals surface area contributed by atoms with E-state index in [9.17, 15) is 4.79 Å². The Kier molecular flexibility index (Phi) is 7.19. The second-order valence-electron chi connectivity index (χ2n) is 9.78. The number of nitrogens with zero attached hydrogens (tertiary/aromatic N) is 3. The summed E-state index contributed by atoms with van der Waals surface area (Å²) in [5.74, 6) is 3.85. The highest BCUT2D eigenvalue weighted by atomic mass is 16.7. The maximum absolute atomic E-state index is 12.3. The Morgan fingerprint density at radius 1 is 0.821 bits per heavy atom. The smallest absolute Gasteiger partial charge is 0.231 e. The molecule has 4 aromatic rings. The third-order valence-electron chi connectivity index (χ3n) is 7.04. The molecular weight excluding hydrogens is 494 g/mol. The van der Waals surface area contributed by atoms with E-state index in [1.807, 2.05) is 54.6 Å². The van der Waals surface area contributed by atoms with Gasteiger partial charge in [-0.15, -0.1) is 0 Å². The molecule has 0 N–H and O–H groups in total. The van der Waals surface area contributed by atoms with Gasteiger partial charge in [0.2, 0.25) is 13.6 Å². The fraction of sp³-hybridized carbons (Fsp3) is 0.290. The fourth-order valence-corrected chi connectivity index (χ4v) is 5.11. The molecule has 6 rings (SSSR count). The first-order valence-corrected chi connectivity index (χ1v) is 13.3. The Labute approximate surface area is 227 Å². The van der Waals surface area contributed by atoms with Gasteiger partial charge >= 0.3 is 0 Å². The molecule has 1 aromatic heterocycles. The summed E-state index contributed by atoms with van der Waals surface area (Å²) in [5.41, 5.74) is 4.58. The van der Waals surface area contributed by atoms with Crippen LogP contribution >= 0.6 is 0 Å².